The lowest BCUT2D eigenvalue weighted by Gasteiger charge is -2.37. The Balaban J connectivity index is 1.97. The first-order chi connectivity index (χ1) is 9.93. The summed E-state index contributed by atoms with van der Waals surface area (Å²) < 4.78 is 7.32. The molecular formula is C15H25N3O3. The lowest BCUT2D eigenvalue weighted by atomic mass is 10.1. The van der Waals surface area contributed by atoms with Crippen LogP contribution in [0.2, 0.25) is 0 Å². The lowest BCUT2D eigenvalue weighted by Crippen LogP contribution is -2.52. The minimum Gasteiger partial charge on any atom is -0.394 e. The van der Waals surface area contributed by atoms with Gasteiger partial charge in [0.2, 0.25) is 5.91 Å². The van der Waals surface area contributed by atoms with Gasteiger partial charge in [0.25, 0.3) is 0 Å². The highest BCUT2D eigenvalue weighted by atomic mass is 16.5. The van der Waals surface area contributed by atoms with Crippen LogP contribution in [0.1, 0.15) is 30.3 Å². The van der Waals surface area contributed by atoms with E-state index in [1.807, 2.05) is 37.4 Å². The summed E-state index contributed by atoms with van der Waals surface area (Å²) in [6.07, 6.45) is 0.917. The highest BCUT2D eigenvalue weighted by molar-refractivity contribution is 5.77. The van der Waals surface area contributed by atoms with Crippen LogP contribution in [-0.4, -0.2) is 57.6 Å². The van der Waals surface area contributed by atoms with E-state index in [0.717, 1.165) is 17.0 Å². The first-order valence-electron chi connectivity index (χ1n) is 7.45. The molecule has 118 valence electrons. The Kier molecular flexibility index (Phi) is 5.00. The predicted octanol–water partition coefficient (Wildman–Crippen LogP) is 0.578. The van der Waals surface area contributed by atoms with Crippen LogP contribution in [0.3, 0.4) is 0 Å². The van der Waals surface area contributed by atoms with E-state index in [9.17, 15) is 9.90 Å². The molecule has 2 rings (SSSR count). The minimum absolute atomic E-state index is 0.0443. The maximum Gasteiger partial charge on any atom is 0.223 e. The van der Waals surface area contributed by atoms with Gasteiger partial charge in [-0.05, 0) is 32.8 Å². The Morgan fingerprint density at radius 2 is 2.19 bits per heavy atom. The minimum atomic E-state index is -0.257. The molecule has 0 aliphatic carbocycles. The van der Waals surface area contributed by atoms with Crippen molar-refractivity contribution in [3.63, 3.8) is 0 Å². The van der Waals surface area contributed by atoms with Gasteiger partial charge in [-0.1, -0.05) is 0 Å². The number of hydrogen-bond acceptors (Lipinski definition) is 4. The molecule has 2 unspecified atom stereocenters. The summed E-state index contributed by atoms with van der Waals surface area (Å²) in [5.41, 5.74) is 3.26. The molecule has 0 saturated carbocycles. The van der Waals surface area contributed by atoms with Gasteiger partial charge in [0.1, 0.15) is 0 Å². The Bertz CT molecular complexity index is 513. The van der Waals surface area contributed by atoms with E-state index in [2.05, 4.69) is 5.10 Å². The van der Waals surface area contributed by atoms with Crippen molar-refractivity contribution in [2.24, 2.45) is 7.05 Å². The Morgan fingerprint density at radius 1 is 1.48 bits per heavy atom. The molecule has 6 nitrogen and oxygen atoms in total. The zero-order valence-corrected chi connectivity index (χ0v) is 13.3. The number of carbonyl (C=O) groups is 1. The van der Waals surface area contributed by atoms with E-state index in [1.54, 1.807) is 0 Å². The van der Waals surface area contributed by atoms with E-state index in [1.165, 1.54) is 0 Å². The second kappa shape index (κ2) is 6.58. The molecular weight excluding hydrogens is 270 g/mol. The van der Waals surface area contributed by atoms with Crippen LogP contribution in [0.5, 0.6) is 0 Å². The standard InChI is InChI=1S/C15H25N3O3/c1-10-9-21-13(8-19)7-18(10)15(20)6-5-14-11(2)16-17(4)12(14)3/h10,13,19H,5-9H2,1-4H3. The molecule has 1 aromatic heterocycles. The van der Waals surface area contributed by atoms with Gasteiger partial charge in [0.05, 0.1) is 31.1 Å². The Hall–Kier alpha value is -1.40. The van der Waals surface area contributed by atoms with Crippen molar-refractivity contribution in [1.82, 2.24) is 14.7 Å². The molecule has 1 aliphatic heterocycles. The average molecular weight is 295 g/mol. The first kappa shape index (κ1) is 16.0. The third-order valence-corrected chi connectivity index (χ3v) is 4.28. The summed E-state index contributed by atoms with van der Waals surface area (Å²) in [6, 6.07) is 0.0661. The number of hydrogen-bond donors (Lipinski definition) is 1. The van der Waals surface area contributed by atoms with E-state index in [-0.39, 0.29) is 24.7 Å². The van der Waals surface area contributed by atoms with Gasteiger partial charge in [-0.2, -0.15) is 5.10 Å². The lowest BCUT2D eigenvalue weighted by molar-refractivity contribution is -0.146. The molecule has 1 aliphatic rings. The van der Waals surface area contributed by atoms with Crippen molar-refractivity contribution < 1.29 is 14.6 Å². The van der Waals surface area contributed by atoms with Crippen molar-refractivity contribution in [1.29, 1.82) is 0 Å². The second-order valence-electron chi connectivity index (χ2n) is 5.81. The number of nitrogens with zero attached hydrogens (tertiary/aromatic N) is 3. The second-order valence-corrected chi connectivity index (χ2v) is 5.81. The van der Waals surface area contributed by atoms with Crippen molar-refractivity contribution in [3.05, 3.63) is 17.0 Å². The first-order valence-corrected chi connectivity index (χ1v) is 7.45. The molecule has 1 N–H and O–H groups in total. The van der Waals surface area contributed by atoms with Gasteiger partial charge in [0, 0.05) is 25.7 Å². The van der Waals surface area contributed by atoms with Crippen LogP contribution >= 0.6 is 0 Å². The summed E-state index contributed by atoms with van der Waals surface area (Å²) in [5.74, 6) is 0.118. The number of aryl methyl sites for hydroxylation is 2. The molecule has 0 spiro atoms. The van der Waals surface area contributed by atoms with E-state index >= 15 is 0 Å². The number of amides is 1. The van der Waals surface area contributed by atoms with Crippen LogP contribution < -0.4 is 0 Å². The van der Waals surface area contributed by atoms with Gasteiger partial charge >= 0.3 is 0 Å². The third kappa shape index (κ3) is 3.44. The zero-order valence-electron chi connectivity index (χ0n) is 13.3. The normalized spacial score (nSPS) is 22.6. The van der Waals surface area contributed by atoms with Crippen LogP contribution in [0, 0.1) is 13.8 Å². The topological polar surface area (TPSA) is 67.6 Å². The summed E-state index contributed by atoms with van der Waals surface area (Å²) >= 11 is 0. The fourth-order valence-electron chi connectivity index (χ4n) is 2.83. The fourth-order valence-corrected chi connectivity index (χ4v) is 2.83. The quantitative estimate of drug-likeness (QED) is 0.882. The summed E-state index contributed by atoms with van der Waals surface area (Å²) in [7, 11) is 1.92. The van der Waals surface area contributed by atoms with Gasteiger partial charge in [-0.25, -0.2) is 0 Å². The van der Waals surface area contributed by atoms with Gasteiger partial charge < -0.3 is 14.7 Å². The summed E-state index contributed by atoms with van der Waals surface area (Å²) in [4.78, 5) is 14.3. The molecule has 2 heterocycles. The molecule has 1 aromatic rings. The number of morpholine rings is 1. The van der Waals surface area contributed by atoms with E-state index in [0.29, 0.717) is 26.0 Å². The molecule has 1 amide bonds. The van der Waals surface area contributed by atoms with Crippen molar-refractivity contribution >= 4 is 5.91 Å². The summed E-state index contributed by atoms with van der Waals surface area (Å²) in [5, 5.41) is 13.6. The number of rotatable bonds is 4. The van der Waals surface area contributed by atoms with Crippen LogP contribution in [-0.2, 0) is 23.0 Å². The predicted molar refractivity (Wildman–Crippen MR) is 79.0 cm³/mol. The summed E-state index contributed by atoms with van der Waals surface area (Å²) in [6.45, 7) is 6.90. The monoisotopic (exact) mass is 295 g/mol. The maximum absolute atomic E-state index is 12.4. The molecule has 0 bridgehead atoms. The number of aliphatic hydroxyl groups excluding tert-OH is 1. The van der Waals surface area contributed by atoms with Gasteiger partial charge in [-0.3, -0.25) is 9.48 Å². The molecule has 6 heteroatoms. The van der Waals surface area contributed by atoms with Gasteiger partial charge in [0.15, 0.2) is 0 Å². The fraction of sp³-hybridized carbons (Fsp3) is 0.733. The van der Waals surface area contributed by atoms with Crippen molar-refractivity contribution in [2.45, 2.75) is 45.8 Å². The smallest absolute Gasteiger partial charge is 0.223 e. The van der Waals surface area contributed by atoms with E-state index < -0.39 is 0 Å². The Labute approximate surface area is 125 Å². The number of carbonyl (C=O) groups excluding carboxylic acids is 1. The Morgan fingerprint density at radius 3 is 2.76 bits per heavy atom. The molecule has 1 saturated heterocycles. The highest BCUT2D eigenvalue weighted by Crippen LogP contribution is 2.17. The SMILES string of the molecule is Cc1nn(C)c(C)c1CCC(=O)N1CC(CO)OCC1C. The van der Waals surface area contributed by atoms with Crippen LogP contribution in [0.15, 0.2) is 0 Å². The molecule has 2 atom stereocenters. The van der Waals surface area contributed by atoms with Crippen molar-refractivity contribution in [3.8, 4) is 0 Å². The highest BCUT2D eigenvalue weighted by Gasteiger charge is 2.29. The number of ether oxygens (including phenoxy) is 1. The maximum atomic E-state index is 12.4. The van der Waals surface area contributed by atoms with Crippen LogP contribution in [0.4, 0.5) is 0 Å². The molecule has 0 aromatic carbocycles. The number of aliphatic hydroxyl groups is 1. The molecule has 21 heavy (non-hydrogen) atoms. The average Bonchev–Trinajstić information content (AvgIpc) is 2.70. The van der Waals surface area contributed by atoms with Gasteiger partial charge in [-0.15, -0.1) is 0 Å². The largest absolute Gasteiger partial charge is 0.394 e. The van der Waals surface area contributed by atoms with Crippen LogP contribution in [0.25, 0.3) is 0 Å². The molecule has 0 radical (unpaired) electrons. The van der Waals surface area contributed by atoms with Crippen molar-refractivity contribution in [2.75, 3.05) is 19.8 Å². The number of aromatic nitrogens is 2. The van der Waals surface area contributed by atoms with E-state index in [4.69, 9.17) is 4.74 Å². The zero-order chi connectivity index (χ0) is 15.6. The third-order valence-electron chi connectivity index (χ3n) is 4.28. The molecule has 1 fully saturated rings.